The summed E-state index contributed by atoms with van der Waals surface area (Å²) in [6.45, 7) is 0.602. The lowest BCUT2D eigenvalue weighted by molar-refractivity contribution is -0.117. The van der Waals surface area contributed by atoms with Crippen LogP contribution in [0.5, 0.6) is 11.5 Å². The highest BCUT2D eigenvalue weighted by Crippen LogP contribution is 2.38. The predicted molar refractivity (Wildman–Crippen MR) is 126 cm³/mol. The van der Waals surface area contributed by atoms with Gasteiger partial charge >= 0.3 is 0 Å². The first-order valence-electron chi connectivity index (χ1n) is 10.4. The molecule has 0 radical (unpaired) electrons. The third-order valence-electron chi connectivity index (χ3n) is 5.71. The van der Waals surface area contributed by atoms with Crippen LogP contribution in [-0.2, 0) is 27.5 Å². The Morgan fingerprint density at radius 3 is 2.19 bits per heavy atom. The second-order valence-electron chi connectivity index (χ2n) is 7.90. The molecule has 7 nitrogen and oxygen atoms in total. The normalized spacial score (nSPS) is 22.7. The number of benzene rings is 2. The van der Waals surface area contributed by atoms with Crippen molar-refractivity contribution in [3.8, 4) is 11.5 Å². The Morgan fingerprint density at radius 2 is 1.59 bits per heavy atom. The smallest absolute Gasteiger partial charge is 0.252 e. The summed E-state index contributed by atoms with van der Waals surface area (Å²) in [7, 11) is 0.158. The number of sulfone groups is 1. The molecule has 0 bridgehead atoms. The number of rotatable bonds is 7. The number of ether oxygens (including phenoxy) is 2. The van der Waals surface area contributed by atoms with Crippen LogP contribution in [0.1, 0.15) is 11.1 Å². The van der Waals surface area contributed by atoms with Crippen molar-refractivity contribution in [2.24, 2.45) is 4.99 Å². The number of amides is 1. The minimum atomic E-state index is -3.07. The Labute approximate surface area is 192 Å². The van der Waals surface area contributed by atoms with Crippen LogP contribution < -0.4 is 9.47 Å². The second kappa shape index (κ2) is 9.54. The fourth-order valence-electron chi connectivity index (χ4n) is 4.00. The molecule has 0 aliphatic carbocycles. The minimum Gasteiger partial charge on any atom is -0.497 e. The van der Waals surface area contributed by atoms with Crippen LogP contribution in [0.15, 0.2) is 53.5 Å². The molecule has 0 N–H and O–H groups in total. The molecule has 2 aromatic rings. The summed E-state index contributed by atoms with van der Waals surface area (Å²) in [5.74, 6) is 1.53. The van der Waals surface area contributed by atoms with Crippen molar-refractivity contribution in [3.05, 3.63) is 59.7 Å². The third-order valence-corrected chi connectivity index (χ3v) is 8.96. The molecule has 32 heavy (non-hydrogen) atoms. The number of methoxy groups -OCH3 is 2. The molecule has 2 saturated heterocycles. The first kappa shape index (κ1) is 22.7. The van der Waals surface area contributed by atoms with E-state index in [1.165, 1.54) is 11.8 Å². The van der Waals surface area contributed by atoms with Crippen molar-refractivity contribution in [2.75, 3.05) is 32.3 Å². The first-order valence-corrected chi connectivity index (χ1v) is 13.1. The zero-order valence-corrected chi connectivity index (χ0v) is 19.7. The molecule has 0 unspecified atom stereocenters. The molecule has 2 aliphatic rings. The number of amidine groups is 1. The molecule has 2 atom stereocenters. The molecule has 2 heterocycles. The number of carbonyl (C=O) groups excluding carboxylic acids is 1. The van der Waals surface area contributed by atoms with Crippen LogP contribution in [0.3, 0.4) is 0 Å². The van der Waals surface area contributed by atoms with Crippen LogP contribution in [0.25, 0.3) is 0 Å². The van der Waals surface area contributed by atoms with Gasteiger partial charge in [0, 0.05) is 11.8 Å². The van der Waals surface area contributed by atoms with Crippen LogP contribution in [0.2, 0.25) is 0 Å². The Kier molecular flexibility index (Phi) is 6.76. The maximum atomic E-state index is 12.7. The molecule has 0 saturated carbocycles. The van der Waals surface area contributed by atoms with E-state index in [1.54, 1.807) is 14.2 Å². The average molecular weight is 475 g/mol. The van der Waals surface area contributed by atoms with Gasteiger partial charge in [0.2, 0.25) is 0 Å². The van der Waals surface area contributed by atoms with Gasteiger partial charge in [-0.15, -0.1) is 0 Å². The Balaban J connectivity index is 1.48. The third kappa shape index (κ3) is 5.27. The maximum Gasteiger partial charge on any atom is 0.252 e. The van der Waals surface area contributed by atoms with Gasteiger partial charge in [0.1, 0.15) is 11.5 Å². The van der Waals surface area contributed by atoms with E-state index in [1.807, 2.05) is 53.4 Å². The van der Waals surface area contributed by atoms with E-state index in [4.69, 9.17) is 9.47 Å². The summed E-state index contributed by atoms with van der Waals surface area (Å²) in [4.78, 5) is 19.1. The molecule has 2 aliphatic heterocycles. The van der Waals surface area contributed by atoms with E-state index in [2.05, 4.69) is 4.99 Å². The highest BCUT2D eigenvalue weighted by molar-refractivity contribution is 8.15. The predicted octanol–water partition coefficient (Wildman–Crippen LogP) is 2.59. The van der Waals surface area contributed by atoms with Gasteiger partial charge in [-0.2, -0.15) is 4.99 Å². The SMILES string of the molecule is COc1ccc(CCN2C(=NC(=O)Cc3ccc(OC)cc3)S[C@H]3CS(=O)(=O)C[C@H]32)cc1. The van der Waals surface area contributed by atoms with E-state index in [-0.39, 0.29) is 35.1 Å². The van der Waals surface area contributed by atoms with Crippen molar-refractivity contribution in [3.63, 3.8) is 0 Å². The zero-order valence-electron chi connectivity index (χ0n) is 18.1. The van der Waals surface area contributed by atoms with Crippen molar-refractivity contribution >= 4 is 32.7 Å². The minimum absolute atomic E-state index is 0.0802. The van der Waals surface area contributed by atoms with E-state index < -0.39 is 9.84 Å². The number of carbonyl (C=O) groups is 1. The lowest BCUT2D eigenvalue weighted by Gasteiger charge is -2.24. The van der Waals surface area contributed by atoms with Gasteiger partial charge in [-0.3, -0.25) is 4.79 Å². The largest absolute Gasteiger partial charge is 0.497 e. The molecule has 2 fully saturated rings. The summed E-state index contributed by atoms with van der Waals surface area (Å²) in [5.41, 5.74) is 1.97. The maximum absolute atomic E-state index is 12.7. The van der Waals surface area contributed by atoms with Crippen LogP contribution in [0.4, 0.5) is 0 Å². The van der Waals surface area contributed by atoms with E-state index in [0.29, 0.717) is 11.7 Å². The molecule has 170 valence electrons. The zero-order chi connectivity index (χ0) is 22.7. The molecular weight excluding hydrogens is 448 g/mol. The number of hydrogen-bond donors (Lipinski definition) is 0. The van der Waals surface area contributed by atoms with E-state index >= 15 is 0 Å². The molecular formula is C23H26N2O5S2. The van der Waals surface area contributed by atoms with Gasteiger partial charge in [0.05, 0.1) is 38.2 Å². The van der Waals surface area contributed by atoms with Gasteiger partial charge in [-0.05, 0) is 41.8 Å². The molecule has 0 aromatic heterocycles. The first-order chi connectivity index (χ1) is 15.4. The highest BCUT2D eigenvalue weighted by atomic mass is 32.2. The molecule has 1 amide bonds. The fourth-order valence-corrected chi connectivity index (χ4v) is 8.00. The summed E-state index contributed by atoms with van der Waals surface area (Å²) in [6, 6.07) is 15.0. The van der Waals surface area contributed by atoms with E-state index in [0.717, 1.165) is 29.0 Å². The summed E-state index contributed by atoms with van der Waals surface area (Å²) < 4.78 is 34.7. The van der Waals surface area contributed by atoms with Crippen molar-refractivity contribution in [1.29, 1.82) is 0 Å². The topological polar surface area (TPSA) is 85.3 Å². The second-order valence-corrected chi connectivity index (χ2v) is 11.3. The fraction of sp³-hybridized carbons (Fsp3) is 0.391. The Hall–Kier alpha value is -2.52. The average Bonchev–Trinajstić information content (AvgIpc) is 3.23. The van der Waals surface area contributed by atoms with Gasteiger partial charge in [0.25, 0.3) is 5.91 Å². The Morgan fingerprint density at radius 1 is 1.00 bits per heavy atom. The quantitative estimate of drug-likeness (QED) is 0.610. The lowest BCUT2D eigenvalue weighted by atomic mass is 10.1. The molecule has 9 heteroatoms. The molecule has 2 aromatic carbocycles. The van der Waals surface area contributed by atoms with E-state index in [9.17, 15) is 13.2 Å². The van der Waals surface area contributed by atoms with Gasteiger partial charge < -0.3 is 14.4 Å². The number of thioether (sulfide) groups is 1. The van der Waals surface area contributed by atoms with Crippen molar-refractivity contribution in [2.45, 2.75) is 24.1 Å². The summed E-state index contributed by atoms with van der Waals surface area (Å²) in [5, 5.41) is 0.547. The lowest BCUT2D eigenvalue weighted by Crippen LogP contribution is -2.39. The summed E-state index contributed by atoms with van der Waals surface area (Å²) in [6.07, 6.45) is 0.910. The van der Waals surface area contributed by atoms with Crippen molar-refractivity contribution in [1.82, 2.24) is 4.90 Å². The Bertz CT molecular complexity index is 1100. The van der Waals surface area contributed by atoms with Gasteiger partial charge in [0.15, 0.2) is 15.0 Å². The molecule has 0 spiro atoms. The number of hydrogen-bond acceptors (Lipinski definition) is 6. The number of aliphatic imine (C=N–C) groups is 1. The van der Waals surface area contributed by atoms with Gasteiger partial charge in [-0.1, -0.05) is 36.0 Å². The number of nitrogens with zero attached hydrogens (tertiary/aromatic N) is 2. The summed E-state index contributed by atoms with van der Waals surface area (Å²) >= 11 is 1.41. The van der Waals surface area contributed by atoms with Gasteiger partial charge in [-0.25, -0.2) is 8.42 Å². The van der Waals surface area contributed by atoms with Crippen molar-refractivity contribution < 1.29 is 22.7 Å². The number of fused-ring (bicyclic) bond motifs is 1. The standard InChI is InChI=1S/C23H26N2O5S2/c1-29-18-7-3-16(4-8-18)11-12-25-20-14-32(27,28)15-21(20)31-23(25)24-22(26)13-17-5-9-19(30-2)10-6-17/h3-10,20-21H,11-15H2,1-2H3/t20-,21+/m1/s1. The van der Waals surface area contributed by atoms with Crippen LogP contribution in [-0.4, -0.2) is 68.0 Å². The van der Waals surface area contributed by atoms with Crippen LogP contribution in [0, 0.1) is 0 Å². The molecule has 4 rings (SSSR count). The van der Waals surface area contributed by atoms with Crippen LogP contribution >= 0.6 is 11.8 Å². The highest BCUT2D eigenvalue weighted by Gasteiger charge is 2.48. The monoisotopic (exact) mass is 474 g/mol.